The number of hydrogen-bond acceptors (Lipinski definition) is 4. The first-order valence-corrected chi connectivity index (χ1v) is 6.27. The van der Waals surface area contributed by atoms with Gasteiger partial charge >= 0.3 is 0 Å². The summed E-state index contributed by atoms with van der Waals surface area (Å²) in [5.41, 5.74) is 1.40. The van der Waals surface area contributed by atoms with Crippen molar-refractivity contribution in [3.63, 3.8) is 0 Å². The van der Waals surface area contributed by atoms with Crippen LogP contribution in [0.2, 0.25) is 5.15 Å². The number of hydrogen-bond donors (Lipinski definition) is 1. The quantitative estimate of drug-likeness (QED) is 0.383. The van der Waals surface area contributed by atoms with Crippen molar-refractivity contribution >= 4 is 23.1 Å². The molecule has 5 nitrogen and oxygen atoms in total. The molecule has 1 aromatic heterocycles. The number of halogens is 1. The van der Waals surface area contributed by atoms with Crippen LogP contribution in [0.4, 0.5) is 11.5 Å². The molecule has 1 aliphatic rings. The Balaban J connectivity index is 1.94. The van der Waals surface area contributed by atoms with Gasteiger partial charge < -0.3 is 5.32 Å². The van der Waals surface area contributed by atoms with E-state index in [9.17, 15) is 10.1 Å². The number of nitro groups is 1. The van der Waals surface area contributed by atoms with Crippen molar-refractivity contribution in [3.05, 3.63) is 39.0 Å². The van der Waals surface area contributed by atoms with Crippen molar-refractivity contribution in [2.24, 2.45) is 0 Å². The first-order valence-electron chi connectivity index (χ1n) is 5.89. The number of nitrogens with one attached hydrogen (secondary N) is 1. The molecule has 1 aliphatic carbocycles. The summed E-state index contributed by atoms with van der Waals surface area (Å²) in [5, 5.41) is 13.9. The highest BCUT2D eigenvalue weighted by molar-refractivity contribution is 6.29. The van der Waals surface area contributed by atoms with Gasteiger partial charge in [0.1, 0.15) is 11.0 Å². The van der Waals surface area contributed by atoms with E-state index in [1.807, 2.05) is 0 Å². The van der Waals surface area contributed by atoms with Gasteiger partial charge in [-0.2, -0.15) is 0 Å². The van der Waals surface area contributed by atoms with E-state index in [0.29, 0.717) is 5.82 Å². The molecule has 1 aromatic rings. The summed E-state index contributed by atoms with van der Waals surface area (Å²) in [6.45, 7) is 0.719. The summed E-state index contributed by atoms with van der Waals surface area (Å²) in [5.74, 6) is 0.452. The normalized spacial score (nSPS) is 14.4. The van der Waals surface area contributed by atoms with E-state index in [-0.39, 0.29) is 10.8 Å². The number of pyridine rings is 1. The van der Waals surface area contributed by atoms with Gasteiger partial charge in [-0.1, -0.05) is 23.3 Å². The van der Waals surface area contributed by atoms with Crippen LogP contribution in [0.15, 0.2) is 23.8 Å². The van der Waals surface area contributed by atoms with Gasteiger partial charge in [0, 0.05) is 6.54 Å². The average Bonchev–Trinajstić information content (AvgIpc) is 2.81. The molecule has 1 heterocycles. The van der Waals surface area contributed by atoms with Gasteiger partial charge in [-0.15, -0.1) is 0 Å². The lowest BCUT2D eigenvalue weighted by Gasteiger charge is -2.06. The fraction of sp³-hybridized carbons (Fsp3) is 0.417. The molecule has 0 amide bonds. The third-order valence-electron chi connectivity index (χ3n) is 2.88. The molecule has 0 spiro atoms. The monoisotopic (exact) mass is 267 g/mol. The second-order valence-corrected chi connectivity index (χ2v) is 4.61. The van der Waals surface area contributed by atoms with Crippen molar-refractivity contribution in [2.45, 2.75) is 25.7 Å². The van der Waals surface area contributed by atoms with Gasteiger partial charge in [0.25, 0.3) is 5.69 Å². The molecule has 6 heteroatoms. The molecule has 0 fully saturated rings. The van der Waals surface area contributed by atoms with Crippen molar-refractivity contribution in [1.29, 1.82) is 0 Å². The fourth-order valence-electron chi connectivity index (χ4n) is 1.99. The van der Waals surface area contributed by atoms with Gasteiger partial charge in [0.2, 0.25) is 0 Å². The summed E-state index contributed by atoms with van der Waals surface area (Å²) in [6, 6.07) is 2.64. The van der Waals surface area contributed by atoms with E-state index >= 15 is 0 Å². The third kappa shape index (κ3) is 3.43. The van der Waals surface area contributed by atoms with Gasteiger partial charge in [0.15, 0.2) is 0 Å². The Morgan fingerprint density at radius 3 is 3.00 bits per heavy atom. The van der Waals surface area contributed by atoms with Crippen LogP contribution in [-0.4, -0.2) is 16.5 Å². The summed E-state index contributed by atoms with van der Waals surface area (Å²) < 4.78 is 0. The Morgan fingerprint density at radius 2 is 2.33 bits per heavy atom. The van der Waals surface area contributed by atoms with Gasteiger partial charge in [0.05, 0.1) is 17.1 Å². The lowest BCUT2D eigenvalue weighted by atomic mass is 10.2. The average molecular weight is 268 g/mol. The van der Waals surface area contributed by atoms with E-state index in [2.05, 4.69) is 16.4 Å². The zero-order valence-electron chi connectivity index (χ0n) is 9.86. The highest BCUT2D eigenvalue weighted by atomic mass is 35.5. The topological polar surface area (TPSA) is 68.1 Å². The summed E-state index contributed by atoms with van der Waals surface area (Å²) >= 11 is 5.73. The van der Waals surface area contributed by atoms with Crippen LogP contribution in [0, 0.1) is 10.1 Å². The lowest BCUT2D eigenvalue weighted by Crippen LogP contribution is -2.04. The minimum atomic E-state index is -0.474. The van der Waals surface area contributed by atoms with Gasteiger partial charge in [-0.3, -0.25) is 10.1 Å². The Labute approximate surface area is 110 Å². The maximum Gasteiger partial charge on any atom is 0.276 e. The van der Waals surface area contributed by atoms with Gasteiger partial charge in [-0.25, -0.2) is 4.98 Å². The highest BCUT2D eigenvalue weighted by Crippen LogP contribution is 2.22. The zero-order valence-corrected chi connectivity index (χ0v) is 10.6. The van der Waals surface area contributed by atoms with E-state index in [1.54, 1.807) is 0 Å². The second-order valence-electron chi connectivity index (χ2n) is 4.22. The van der Waals surface area contributed by atoms with Crippen LogP contribution in [0.3, 0.4) is 0 Å². The predicted octanol–water partition coefficient (Wildman–Crippen LogP) is 3.56. The van der Waals surface area contributed by atoms with Crippen molar-refractivity contribution < 1.29 is 4.92 Å². The molecule has 0 saturated carbocycles. The number of anilines is 1. The van der Waals surface area contributed by atoms with E-state index in [1.165, 1.54) is 24.1 Å². The number of aromatic nitrogens is 1. The maximum absolute atomic E-state index is 10.7. The molecular formula is C12H14ClN3O2. The number of allylic oxidation sites excluding steroid dienone is 1. The smallest absolute Gasteiger partial charge is 0.276 e. The molecule has 0 saturated heterocycles. The minimum Gasteiger partial charge on any atom is -0.369 e. The van der Waals surface area contributed by atoms with Crippen LogP contribution < -0.4 is 5.32 Å². The summed E-state index contributed by atoms with van der Waals surface area (Å²) in [4.78, 5) is 14.2. The summed E-state index contributed by atoms with van der Waals surface area (Å²) in [6.07, 6.45) is 6.76. The van der Waals surface area contributed by atoms with Crippen LogP contribution in [0.1, 0.15) is 25.7 Å². The maximum atomic E-state index is 10.7. The molecular weight excluding hydrogens is 254 g/mol. The Kier molecular flexibility index (Phi) is 4.15. The number of rotatable bonds is 5. The van der Waals surface area contributed by atoms with Crippen molar-refractivity contribution in [1.82, 2.24) is 4.98 Å². The fourth-order valence-corrected chi connectivity index (χ4v) is 2.20. The largest absolute Gasteiger partial charge is 0.369 e. The Morgan fingerprint density at radius 1 is 1.50 bits per heavy atom. The molecule has 0 atom stereocenters. The molecule has 18 heavy (non-hydrogen) atoms. The standard InChI is InChI=1S/C12H14ClN3O2/c13-11-7-10(16(17)18)8-12(15-11)14-6-5-9-3-1-2-4-9/h3,7-8H,1-2,4-6H2,(H,14,15). The van der Waals surface area contributed by atoms with E-state index in [4.69, 9.17) is 11.6 Å². The molecule has 0 radical (unpaired) electrons. The highest BCUT2D eigenvalue weighted by Gasteiger charge is 2.10. The SMILES string of the molecule is O=[N+]([O-])c1cc(Cl)nc(NCCC2=CCCC2)c1. The minimum absolute atomic E-state index is 0.0439. The predicted molar refractivity (Wildman–Crippen MR) is 70.9 cm³/mol. The molecule has 1 N–H and O–H groups in total. The van der Waals surface area contributed by atoms with Crippen LogP contribution in [0.25, 0.3) is 0 Å². The molecule has 0 unspecified atom stereocenters. The molecule has 0 bridgehead atoms. The Hall–Kier alpha value is -1.62. The zero-order chi connectivity index (χ0) is 13.0. The molecule has 96 valence electrons. The first kappa shape index (κ1) is 12.8. The first-order chi connectivity index (χ1) is 8.65. The summed E-state index contributed by atoms with van der Waals surface area (Å²) in [7, 11) is 0. The third-order valence-corrected chi connectivity index (χ3v) is 3.07. The molecule has 0 aromatic carbocycles. The van der Waals surface area contributed by atoms with Crippen LogP contribution in [0.5, 0.6) is 0 Å². The van der Waals surface area contributed by atoms with Gasteiger partial charge in [-0.05, 0) is 25.7 Å². The lowest BCUT2D eigenvalue weighted by molar-refractivity contribution is -0.384. The van der Waals surface area contributed by atoms with E-state index in [0.717, 1.165) is 25.8 Å². The number of nitrogens with zero attached hydrogens (tertiary/aromatic N) is 2. The van der Waals surface area contributed by atoms with Crippen molar-refractivity contribution in [3.8, 4) is 0 Å². The molecule has 0 aliphatic heterocycles. The van der Waals surface area contributed by atoms with E-state index < -0.39 is 4.92 Å². The Bertz CT molecular complexity index is 488. The van der Waals surface area contributed by atoms with Crippen LogP contribution in [-0.2, 0) is 0 Å². The van der Waals surface area contributed by atoms with Crippen LogP contribution >= 0.6 is 11.6 Å². The van der Waals surface area contributed by atoms with Crippen molar-refractivity contribution in [2.75, 3.05) is 11.9 Å². The molecule has 2 rings (SSSR count). The second kappa shape index (κ2) is 5.82.